The molecule has 0 spiro atoms. The van der Waals surface area contributed by atoms with Crippen molar-refractivity contribution in [3.05, 3.63) is 91.7 Å². The number of rotatable bonds is 20. The van der Waals surface area contributed by atoms with Gasteiger partial charge in [-0.25, -0.2) is 0 Å². The maximum atomic E-state index is 17.8. The number of carbonyl (C=O) groups is 2. The number of hydrogen-bond donors (Lipinski definition) is 0. The molecule has 0 saturated carbocycles. The fourth-order valence-corrected chi connectivity index (χ4v) is 15.8. The fourth-order valence-electron chi connectivity index (χ4n) is 7.58. The molecular formula is C46H64F4N2O2Ti. The van der Waals surface area contributed by atoms with Gasteiger partial charge >= 0.3 is 320 Å². The Hall–Kier alpha value is -3.23. The number of nitrogens with zero attached hydrogens (tertiary/aromatic N) is 2. The molecule has 0 heterocycles. The standard InChI is InChI=1S/2C17H24F2NO.2C5H5.C2H6.Ti/c2*1-4-6-7-8-11-20(17(21)13(3)5-2)16-10-9-14(18)12-15(16)19;2*1-2-4-5-3-1;1-2;/h2*9-10,13H,4-8,11H2,1-3H3;2*1-3H,4H2;1-2H3;. The third kappa shape index (κ3) is 10.2. The average molecular weight is 801 g/mol. The van der Waals surface area contributed by atoms with Crippen LogP contribution in [0.15, 0.2) is 68.5 Å². The Kier molecular flexibility index (Phi) is 18.9. The molecule has 2 unspecified atom stereocenters. The summed E-state index contributed by atoms with van der Waals surface area (Å²) >= 11 is -5.24. The quantitative estimate of drug-likeness (QED) is 0.0760. The molecule has 2 aromatic carbocycles. The molecule has 4 nitrogen and oxygen atoms in total. The van der Waals surface area contributed by atoms with E-state index in [4.69, 9.17) is 0 Å². The Morgan fingerprint density at radius 3 is 1.31 bits per heavy atom. The van der Waals surface area contributed by atoms with Crippen LogP contribution < -0.4 is 17.5 Å². The Bertz CT molecular complexity index is 1610. The SMILES string of the molecule is CC.CCCCCCN(C(=O)C(C)CC)c1ccc(F)[c]([Ti]([C]2=CC=CC2)([C]2=CC=CC2)[c]2c(F)ccc(N(CCCCCC)C(=O)C(C)CC)c2F)c1F. The maximum absolute atomic E-state index is 17.8. The number of amides is 2. The summed E-state index contributed by atoms with van der Waals surface area (Å²) < 4.78 is 69.9. The third-order valence-electron chi connectivity index (χ3n) is 11.0. The molecule has 0 aliphatic heterocycles. The van der Waals surface area contributed by atoms with Gasteiger partial charge in [-0.05, 0) is 0 Å². The van der Waals surface area contributed by atoms with E-state index in [9.17, 15) is 9.59 Å². The second-order valence-electron chi connectivity index (χ2n) is 14.6. The van der Waals surface area contributed by atoms with Gasteiger partial charge < -0.3 is 0 Å². The predicted octanol–water partition coefficient (Wildman–Crippen LogP) is 12.0. The van der Waals surface area contributed by atoms with Crippen LogP contribution in [0.4, 0.5) is 28.9 Å². The molecule has 2 aliphatic carbocycles. The second kappa shape index (κ2) is 22.5. The van der Waals surface area contributed by atoms with E-state index >= 15 is 17.6 Å². The molecular weight excluding hydrogens is 736 g/mol. The van der Waals surface area contributed by atoms with Gasteiger partial charge in [0.2, 0.25) is 0 Å². The molecule has 4 rings (SSSR count). The Morgan fingerprint density at radius 2 is 1.00 bits per heavy atom. The van der Waals surface area contributed by atoms with Crippen LogP contribution in [0, 0.1) is 35.1 Å². The summed E-state index contributed by atoms with van der Waals surface area (Å²) in [5.74, 6) is -5.07. The molecule has 2 amide bonds. The summed E-state index contributed by atoms with van der Waals surface area (Å²) in [6, 6.07) is 4.93. The van der Waals surface area contributed by atoms with E-state index in [1.807, 2.05) is 39.8 Å². The van der Waals surface area contributed by atoms with Crippen molar-refractivity contribution >= 4 is 30.9 Å². The predicted molar refractivity (Wildman–Crippen MR) is 219 cm³/mol. The van der Waals surface area contributed by atoms with Crippen LogP contribution in [-0.4, -0.2) is 24.9 Å². The molecule has 9 heteroatoms. The van der Waals surface area contributed by atoms with Crippen LogP contribution in [0.2, 0.25) is 0 Å². The number of hydrogen-bond acceptors (Lipinski definition) is 2. The monoisotopic (exact) mass is 800 g/mol. The van der Waals surface area contributed by atoms with Crippen LogP contribution in [0.25, 0.3) is 0 Å². The van der Waals surface area contributed by atoms with E-state index in [1.54, 1.807) is 38.2 Å². The van der Waals surface area contributed by atoms with Crippen molar-refractivity contribution in [3.63, 3.8) is 0 Å². The van der Waals surface area contributed by atoms with Gasteiger partial charge in [0.25, 0.3) is 0 Å². The van der Waals surface area contributed by atoms with Crippen molar-refractivity contribution in [3.8, 4) is 0 Å². The summed E-state index contributed by atoms with van der Waals surface area (Å²) in [6.45, 7) is 16.0. The van der Waals surface area contributed by atoms with Gasteiger partial charge in [0.1, 0.15) is 0 Å². The van der Waals surface area contributed by atoms with Gasteiger partial charge in [-0.15, -0.1) is 0 Å². The minimum atomic E-state index is -5.24. The number of anilines is 2. The average Bonchev–Trinajstić information content (AvgIpc) is 3.94. The first-order valence-electron chi connectivity index (χ1n) is 20.8. The van der Waals surface area contributed by atoms with Gasteiger partial charge in [0.05, 0.1) is 0 Å². The summed E-state index contributed by atoms with van der Waals surface area (Å²) in [5.41, 5.74) is -0.143. The first kappa shape index (κ1) is 46.2. The number of carbonyl (C=O) groups excluding carboxylic acids is 2. The van der Waals surface area contributed by atoms with Crippen LogP contribution >= 0.6 is 0 Å². The molecule has 55 heavy (non-hydrogen) atoms. The zero-order chi connectivity index (χ0) is 40.7. The molecule has 0 aromatic heterocycles. The number of benzene rings is 2. The molecule has 0 fully saturated rings. The minimum absolute atomic E-state index is 0.0715. The summed E-state index contributed by atoms with van der Waals surface area (Å²) in [4.78, 5) is 30.6. The van der Waals surface area contributed by atoms with E-state index in [1.165, 1.54) is 21.9 Å². The first-order chi connectivity index (χ1) is 26.5. The summed E-state index contributed by atoms with van der Waals surface area (Å²) in [6.07, 6.45) is 19.1. The van der Waals surface area contributed by atoms with Gasteiger partial charge in [-0.2, -0.15) is 0 Å². The molecule has 0 radical (unpaired) electrons. The summed E-state index contributed by atoms with van der Waals surface area (Å²) in [7, 11) is 0. The number of halogens is 4. The molecule has 302 valence electrons. The van der Waals surface area contributed by atoms with Crippen molar-refractivity contribution in [2.45, 2.75) is 132 Å². The molecule has 2 atom stereocenters. The van der Waals surface area contributed by atoms with Crippen molar-refractivity contribution in [1.29, 1.82) is 0 Å². The zero-order valence-electron chi connectivity index (χ0n) is 34.6. The molecule has 0 N–H and O–H groups in total. The van der Waals surface area contributed by atoms with Gasteiger partial charge in [-0.3, -0.25) is 0 Å². The zero-order valence-corrected chi connectivity index (χ0v) is 36.1. The third-order valence-corrected chi connectivity index (χ3v) is 19.0. The van der Waals surface area contributed by atoms with Crippen LogP contribution in [0.1, 0.15) is 132 Å². The molecule has 2 aliphatic rings. The normalized spacial score (nSPS) is 14.6. The number of allylic oxidation sites excluding steroid dienone is 8. The van der Waals surface area contributed by atoms with E-state index in [0.29, 0.717) is 33.4 Å². The molecule has 2 aromatic rings. The van der Waals surface area contributed by atoms with Gasteiger partial charge in [0, 0.05) is 0 Å². The molecule has 0 bridgehead atoms. The van der Waals surface area contributed by atoms with Crippen molar-refractivity contribution in [2.75, 3.05) is 22.9 Å². The number of unbranched alkanes of at least 4 members (excludes halogenated alkanes) is 6. The van der Waals surface area contributed by atoms with Crippen LogP contribution in [0.5, 0.6) is 0 Å². The van der Waals surface area contributed by atoms with Crippen molar-refractivity contribution in [1.82, 2.24) is 0 Å². The van der Waals surface area contributed by atoms with Gasteiger partial charge in [0.15, 0.2) is 0 Å². The summed E-state index contributed by atoms with van der Waals surface area (Å²) in [5, 5.41) is 0. The second-order valence-corrected chi connectivity index (χ2v) is 20.5. The Morgan fingerprint density at radius 1 is 0.618 bits per heavy atom. The van der Waals surface area contributed by atoms with Crippen LogP contribution in [-0.2, 0) is 26.2 Å². The first-order valence-corrected chi connectivity index (χ1v) is 23.9. The Labute approximate surface area is 332 Å². The molecule has 0 saturated heterocycles. The van der Waals surface area contributed by atoms with Crippen molar-refractivity contribution < 1.29 is 43.7 Å². The topological polar surface area (TPSA) is 40.6 Å². The van der Waals surface area contributed by atoms with E-state index < -0.39 is 51.7 Å². The van der Waals surface area contributed by atoms with E-state index in [-0.39, 0.29) is 56.9 Å². The van der Waals surface area contributed by atoms with E-state index in [2.05, 4.69) is 13.8 Å². The van der Waals surface area contributed by atoms with E-state index in [0.717, 1.165) is 50.7 Å². The van der Waals surface area contributed by atoms with Gasteiger partial charge in [-0.1, -0.05) is 13.8 Å². The Balaban J connectivity index is 0.00000399. The fraction of sp³-hybridized carbons (Fsp3) is 0.522. The van der Waals surface area contributed by atoms with Crippen molar-refractivity contribution in [2.24, 2.45) is 11.8 Å². The van der Waals surface area contributed by atoms with Crippen LogP contribution in [0.3, 0.4) is 0 Å².